The Bertz CT molecular complexity index is 660. The summed E-state index contributed by atoms with van der Waals surface area (Å²) in [5.74, 6) is 0. The maximum absolute atomic E-state index is 12.6. The van der Waals surface area contributed by atoms with Gasteiger partial charge in [-0.2, -0.15) is 0 Å². The van der Waals surface area contributed by atoms with Gasteiger partial charge in [-0.15, -0.1) is 11.3 Å². The third kappa shape index (κ3) is 3.53. The number of thiazole rings is 1. The van der Waals surface area contributed by atoms with E-state index in [1.54, 1.807) is 11.3 Å². The van der Waals surface area contributed by atoms with E-state index in [0.717, 1.165) is 35.9 Å². The lowest BCUT2D eigenvalue weighted by molar-refractivity contribution is 0.636. The van der Waals surface area contributed by atoms with E-state index in [9.17, 15) is 4.79 Å². The molecule has 2 rings (SSSR count). The first-order valence-electron chi connectivity index (χ1n) is 7.49. The molecule has 1 atom stereocenters. The van der Waals surface area contributed by atoms with Crippen LogP contribution >= 0.6 is 11.3 Å². The monoisotopic (exact) mass is 305 g/mol. The van der Waals surface area contributed by atoms with Crippen LogP contribution in [0.2, 0.25) is 0 Å². The predicted molar refractivity (Wildman–Crippen MR) is 90.2 cm³/mol. The molecule has 21 heavy (non-hydrogen) atoms. The molecule has 0 radical (unpaired) electrons. The molecule has 1 unspecified atom stereocenters. The second kappa shape index (κ2) is 6.89. The normalized spacial score (nSPS) is 12.4. The number of aromatic nitrogens is 2. The highest BCUT2D eigenvalue weighted by Crippen LogP contribution is 2.23. The van der Waals surface area contributed by atoms with Gasteiger partial charge in [-0.1, -0.05) is 13.8 Å². The molecule has 1 N–H and O–H groups in total. The zero-order valence-corrected chi connectivity index (χ0v) is 14.0. The van der Waals surface area contributed by atoms with Crippen LogP contribution in [0.1, 0.15) is 39.3 Å². The van der Waals surface area contributed by atoms with Gasteiger partial charge in [-0.25, -0.2) is 4.98 Å². The molecule has 0 amide bonds. The Hall–Kier alpha value is -1.62. The van der Waals surface area contributed by atoms with E-state index in [1.165, 1.54) is 0 Å². The average molecular weight is 305 g/mol. The van der Waals surface area contributed by atoms with Gasteiger partial charge in [0.1, 0.15) is 0 Å². The van der Waals surface area contributed by atoms with Gasteiger partial charge in [0.05, 0.1) is 11.3 Å². The molecule has 0 saturated carbocycles. The lowest BCUT2D eigenvalue weighted by Crippen LogP contribution is -2.23. The fourth-order valence-corrected chi connectivity index (χ4v) is 2.97. The van der Waals surface area contributed by atoms with Gasteiger partial charge in [0.15, 0.2) is 5.13 Å². The number of anilines is 1. The summed E-state index contributed by atoms with van der Waals surface area (Å²) in [6, 6.07) is 4.26. The van der Waals surface area contributed by atoms with Crippen LogP contribution in [0.4, 0.5) is 5.13 Å². The Morgan fingerprint density at radius 2 is 2.14 bits per heavy atom. The third-order valence-electron chi connectivity index (χ3n) is 3.60. The minimum absolute atomic E-state index is 0.0530. The molecule has 0 bridgehead atoms. The van der Waals surface area contributed by atoms with E-state index in [1.807, 2.05) is 29.0 Å². The Balaban J connectivity index is 2.34. The molecule has 5 heteroatoms. The van der Waals surface area contributed by atoms with Gasteiger partial charge in [-0.05, 0) is 38.8 Å². The molecule has 0 aliphatic heterocycles. The van der Waals surface area contributed by atoms with Crippen LogP contribution in [0.15, 0.2) is 22.3 Å². The number of hydrogen-bond donors (Lipinski definition) is 1. The molecular formula is C16H23N3OS. The van der Waals surface area contributed by atoms with Gasteiger partial charge in [0.2, 0.25) is 0 Å². The van der Waals surface area contributed by atoms with Gasteiger partial charge in [0, 0.05) is 23.7 Å². The Labute approximate surface area is 129 Å². The van der Waals surface area contributed by atoms with Crippen molar-refractivity contribution < 1.29 is 0 Å². The first-order valence-corrected chi connectivity index (χ1v) is 8.37. The molecule has 2 aromatic heterocycles. The van der Waals surface area contributed by atoms with E-state index in [4.69, 9.17) is 0 Å². The summed E-state index contributed by atoms with van der Waals surface area (Å²) in [6.07, 6.45) is 1.99. The van der Waals surface area contributed by atoms with Crippen LogP contribution in [0.3, 0.4) is 0 Å². The van der Waals surface area contributed by atoms with E-state index in [0.29, 0.717) is 11.6 Å². The summed E-state index contributed by atoms with van der Waals surface area (Å²) in [6.45, 7) is 9.06. The van der Waals surface area contributed by atoms with Crippen molar-refractivity contribution in [2.24, 2.45) is 0 Å². The van der Waals surface area contributed by atoms with Crippen molar-refractivity contribution in [1.82, 2.24) is 9.55 Å². The van der Waals surface area contributed by atoms with Gasteiger partial charge in [-0.3, -0.25) is 4.79 Å². The number of nitrogens with one attached hydrogen (secondary N) is 1. The lowest BCUT2D eigenvalue weighted by atomic mass is 10.2. The van der Waals surface area contributed by atoms with Crippen molar-refractivity contribution in [2.75, 3.05) is 5.32 Å². The Kier molecular flexibility index (Phi) is 5.17. The van der Waals surface area contributed by atoms with E-state index < -0.39 is 0 Å². The molecule has 0 aliphatic carbocycles. The van der Waals surface area contributed by atoms with E-state index >= 15 is 0 Å². The van der Waals surface area contributed by atoms with Crippen molar-refractivity contribution in [1.29, 1.82) is 0 Å². The summed E-state index contributed by atoms with van der Waals surface area (Å²) in [7, 11) is 0. The zero-order valence-electron chi connectivity index (χ0n) is 13.1. The Morgan fingerprint density at radius 1 is 1.38 bits per heavy atom. The predicted octanol–water partition coefficient (Wildman–Crippen LogP) is 3.90. The summed E-state index contributed by atoms with van der Waals surface area (Å²) >= 11 is 1.55. The second-order valence-corrected chi connectivity index (χ2v) is 6.19. The van der Waals surface area contributed by atoms with Crippen molar-refractivity contribution in [2.45, 2.75) is 53.1 Å². The van der Waals surface area contributed by atoms with Crippen LogP contribution in [0.25, 0.3) is 11.3 Å². The summed E-state index contributed by atoms with van der Waals surface area (Å²) in [4.78, 5) is 17.1. The highest BCUT2D eigenvalue weighted by molar-refractivity contribution is 7.14. The van der Waals surface area contributed by atoms with Crippen molar-refractivity contribution in [3.8, 4) is 11.3 Å². The van der Waals surface area contributed by atoms with Crippen LogP contribution < -0.4 is 10.9 Å². The lowest BCUT2D eigenvalue weighted by Gasteiger charge is -2.10. The van der Waals surface area contributed by atoms with Gasteiger partial charge < -0.3 is 9.88 Å². The number of hydrogen-bond acceptors (Lipinski definition) is 4. The minimum atomic E-state index is 0.0530. The van der Waals surface area contributed by atoms with Gasteiger partial charge in [0.25, 0.3) is 5.56 Å². The average Bonchev–Trinajstić information content (AvgIpc) is 2.91. The minimum Gasteiger partial charge on any atom is -0.359 e. The summed E-state index contributed by atoms with van der Waals surface area (Å²) in [5, 5.41) is 6.18. The molecule has 0 aromatic carbocycles. The maximum Gasteiger partial charge on any atom is 0.260 e. The van der Waals surface area contributed by atoms with Crippen LogP contribution in [0.5, 0.6) is 0 Å². The first kappa shape index (κ1) is 15.8. The fourth-order valence-electron chi connectivity index (χ4n) is 2.14. The second-order valence-electron chi connectivity index (χ2n) is 5.34. The number of aryl methyl sites for hydroxylation is 1. The highest BCUT2D eigenvalue weighted by Gasteiger charge is 2.12. The van der Waals surface area contributed by atoms with Crippen LogP contribution in [0, 0.1) is 6.92 Å². The molecule has 4 nitrogen and oxygen atoms in total. The van der Waals surface area contributed by atoms with Crippen LogP contribution in [-0.4, -0.2) is 15.6 Å². The maximum atomic E-state index is 12.6. The van der Waals surface area contributed by atoms with Crippen LogP contribution in [-0.2, 0) is 6.54 Å². The number of rotatable bonds is 6. The summed E-state index contributed by atoms with van der Waals surface area (Å²) in [5.41, 5.74) is 2.50. The van der Waals surface area contributed by atoms with Gasteiger partial charge >= 0.3 is 0 Å². The fraction of sp³-hybridized carbons (Fsp3) is 0.500. The number of pyridine rings is 1. The smallest absolute Gasteiger partial charge is 0.260 e. The van der Waals surface area contributed by atoms with Crippen molar-refractivity contribution in [3.05, 3.63) is 33.6 Å². The quantitative estimate of drug-likeness (QED) is 0.880. The zero-order chi connectivity index (χ0) is 15.4. The molecule has 0 fully saturated rings. The van der Waals surface area contributed by atoms with E-state index in [2.05, 4.69) is 31.1 Å². The Morgan fingerprint density at radius 3 is 2.81 bits per heavy atom. The molecular weight excluding hydrogens is 282 g/mol. The standard InChI is InChI=1S/C16H23N3OS/c1-5-9-19-12(4)7-8-13(15(19)20)14-10-21-16(18-14)17-11(3)6-2/h7-8,10-11H,5-6,9H2,1-4H3,(H,17,18). The largest absolute Gasteiger partial charge is 0.359 e. The molecule has 2 aromatic rings. The SMILES string of the molecule is CCCn1c(C)ccc(-c2csc(NC(C)CC)n2)c1=O. The van der Waals surface area contributed by atoms with E-state index in [-0.39, 0.29) is 5.56 Å². The topological polar surface area (TPSA) is 46.9 Å². The van der Waals surface area contributed by atoms with Crippen molar-refractivity contribution >= 4 is 16.5 Å². The molecule has 0 spiro atoms. The third-order valence-corrected chi connectivity index (χ3v) is 4.38. The molecule has 114 valence electrons. The molecule has 0 saturated heterocycles. The van der Waals surface area contributed by atoms with Crippen molar-refractivity contribution in [3.63, 3.8) is 0 Å². The molecule has 0 aliphatic rings. The highest BCUT2D eigenvalue weighted by atomic mass is 32.1. The number of nitrogens with zero attached hydrogens (tertiary/aromatic N) is 2. The first-order chi connectivity index (χ1) is 10.1. The molecule has 2 heterocycles. The summed E-state index contributed by atoms with van der Waals surface area (Å²) < 4.78 is 1.83.